The van der Waals surface area contributed by atoms with Crippen molar-refractivity contribution >= 4 is 27.8 Å². The summed E-state index contributed by atoms with van der Waals surface area (Å²) in [5.74, 6) is 0.431. The second-order valence-corrected chi connectivity index (χ2v) is 7.93. The SMILES string of the molecule is O=C1C(Oc2ccccc2Br)=COC2CC(OC(=O)N3CCOCC3)CCC12. The zero-order valence-electron chi connectivity index (χ0n) is 15.3. The van der Waals surface area contributed by atoms with E-state index in [9.17, 15) is 9.59 Å². The van der Waals surface area contributed by atoms with Gasteiger partial charge in [0, 0.05) is 19.5 Å². The Bertz CT molecular complexity index is 776. The number of fused-ring (bicyclic) bond motifs is 1. The smallest absolute Gasteiger partial charge is 0.410 e. The number of amides is 1. The van der Waals surface area contributed by atoms with Crippen LogP contribution < -0.4 is 4.74 Å². The van der Waals surface area contributed by atoms with Crippen LogP contribution in [0.1, 0.15) is 19.3 Å². The molecule has 0 N–H and O–H groups in total. The Kier molecular flexibility index (Phi) is 5.87. The number of para-hydroxylation sites is 1. The van der Waals surface area contributed by atoms with Crippen molar-refractivity contribution < 1.29 is 28.5 Å². The van der Waals surface area contributed by atoms with E-state index in [-0.39, 0.29) is 35.8 Å². The second-order valence-electron chi connectivity index (χ2n) is 7.08. The minimum absolute atomic E-state index is 0.0649. The molecule has 1 aliphatic carbocycles. The van der Waals surface area contributed by atoms with Gasteiger partial charge in [0.25, 0.3) is 0 Å². The summed E-state index contributed by atoms with van der Waals surface area (Å²) in [4.78, 5) is 26.8. The van der Waals surface area contributed by atoms with E-state index in [0.717, 1.165) is 4.47 Å². The molecule has 150 valence electrons. The molecule has 4 rings (SSSR count). The number of Topliss-reactive ketones (excluding diaryl/α,β-unsaturated/α-hetero) is 1. The fourth-order valence-corrected chi connectivity index (χ4v) is 4.09. The Balaban J connectivity index is 1.36. The molecule has 0 spiro atoms. The highest BCUT2D eigenvalue weighted by molar-refractivity contribution is 9.10. The summed E-state index contributed by atoms with van der Waals surface area (Å²) in [6, 6.07) is 7.35. The normalized spacial score (nSPS) is 27.3. The van der Waals surface area contributed by atoms with Gasteiger partial charge in [-0.15, -0.1) is 0 Å². The van der Waals surface area contributed by atoms with Crippen LogP contribution in [-0.4, -0.2) is 55.3 Å². The zero-order valence-corrected chi connectivity index (χ0v) is 16.9. The number of ether oxygens (including phenoxy) is 4. The van der Waals surface area contributed by atoms with Crippen molar-refractivity contribution in [1.29, 1.82) is 0 Å². The molecule has 2 fully saturated rings. The molecule has 0 aromatic heterocycles. The fraction of sp³-hybridized carbons (Fsp3) is 0.500. The number of rotatable bonds is 3. The molecule has 0 bridgehead atoms. The highest BCUT2D eigenvalue weighted by Crippen LogP contribution is 2.36. The van der Waals surface area contributed by atoms with Crippen LogP contribution in [0.2, 0.25) is 0 Å². The third-order valence-electron chi connectivity index (χ3n) is 5.27. The number of allylic oxidation sites excluding steroid dienone is 1. The molecule has 1 saturated heterocycles. The van der Waals surface area contributed by atoms with E-state index in [1.54, 1.807) is 11.0 Å². The van der Waals surface area contributed by atoms with Crippen LogP contribution in [0.25, 0.3) is 0 Å². The van der Waals surface area contributed by atoms with Crippen LogP contribution in [0.3, 0.4) is 0 Å². The number of carbonyl (C=O) groups is 2. The van der Waals surface area contributed by atoms with Crippen molar-refractivity contribution in [1.82, 2.24) is 4.90 Å². The lowest BCUT2D eigenvalue weighted by Gasteiger charge is -2.37. The summed E-state index contributed by atoms with van der Waals surface area (Å²) in [5, 5.41) is 0. The number of halogens is 1. The Morgan fingerprint density at radius 2 is 1.96 bits per heavy atom. The van der Waals surface area contributed by atoms with Crippen molar-refractivity contribution in [2.45, 2.75) is 31.5 Å². The summed E-state index contributed by atoms with van der Waals surface area (Å²) >= 11 is 3.41. The van der Waals surface area contributed by atoms with Gasteiger partial charge in [0.1, 0.15) is 24.2 Å². The molecule has 28 heavy (non-hydrogen) atoms. The number of nitrogens with zero attached hydrogens (tertiary/aromatic N) is 1. The van der Waals surface area contributed by atoms with Crippen molar-refractivity contribution in [2.75, 3.05) is 26.3 Å². The fourth-order valence-electron chi connectivity index (χ4n) is 3.72. The quantitative estimate of drug-likeness (QED) is 0.701. The topological polar surface area (TPSA) is 74.3 Å². The van der Waals surface area contributed by atoms with Crippen molar-refractivity contribution in [2.24, 2.45) is 5.92 Å². The lowest BCUT2D eigenvalue weighted by Crippen LogP contribution is -2.46. The Hall–Kier alpha value is -2.06. The standard InChI is InChI=1S/C20H22BrNO6/c21-15-3-1-2-4-16(15)28-18-12-26-17-11-13(5-6-14(17)19(18)23)27-20(24)22-7-9-25-10-8-22/h1-4,12-14,17H,5-11H2. The first-order chi connectivity index (χ1) is 13.6. The van der Waals surface area contributed by atoms with Crippen LogP contribution in [0.15, 0.2) is 40.8 Å². The van der Waals surface area contributed by atoms with Gasteiger partial charge < -0.3 is 23.8 Å². The van der Waals surface area contributed by atoms with E-state index < -0.39 is 0 Å². The minimum atomic E-state index is -0.317. The summed E-state index contributed by atoms with van der Waals surface area (Å²) in [5.41, 5.74) is 0. The van der Waals surface area contributed by atoms with Crippen molar-refractivity contribution in [3.63, 3.8) is 0 Å². The number of ketones is 1. The molecule has 3 atom stereocenters. The molecule has 1 saturated carbocycles. The number of benzene rings is 1. The molecule has 2 aliphatic heterocycles. The van der Waals surface area contributed by atoms with Gasteiger partial charge in [-0.2, -0.15) is 0 Å². The third-order valence-corrected chi connectivity index (χ3v) is 5.92. The Labute approximate surface area is 171 Å². The highest BCUT2D eigenvalue weighted by atomic mass is 79.9. The Morgan fingerprint density at radius 3 is 2.75 bits per heavy atom. The van der Waals surface area contributed by atoms with Gasteiger partial charge in [-0.1, -0.05) is 12.1 Å². The summed E-state index contributed by atoms with van der Waals surface area (Å²) in [6.45, 7) is 2.16. The van der Waals surface area contributed by atoms with E-state index in [2.05, 4.69) is 15.9 Å². The summed E-state index contributed by atoms with van der Waals surface area (Å²) in [7, 11) is 0. The van der Waals surface area contributed by atoms with Crippen LogP contribution in [0.4, 0.5) is 4.79 Å². The predicted molar refractivity (Wildman–Crippen MR) is 103 cm³/mol. The maximum atomic E-state index is 12.8. The van der Waals surface area contributed by atoms with Crippen LogP contribution in [0, 0.1) is 5.92 Å². The molecule has 0 radical (unpaired) electrons. The van der Waals surface area contributed by atoms with Gasteiger partial charge in [0.05, 0.1) is 23.6 Å². The lowest BCUT2D eigenvalue weighted by atomic mass is 9.80. The molecular formula is C20H22BrNO6. The Morgan fingerprint density at radius 1 is 1.18 bits per heavy atom. The van der Waals surface area contributed by atoms with Crippen LogP contribution >= 0.6 is 15.9 Å². The average Bonchev–Trinajstić information content (AvgIpc) is 2.72. The molecule has 3 aliphatic rings. The largest absolute Gasteiger partial charge is 0.493 e. The first-order valence-corrected chi connectivity index (χ1v) is 10.3. The van der Waals surface area contributed by atoms with Crippen LogP contribution in [0.5, 0.6) is 5.75 Å². The summed E-state index contributed by atoms with van der Waals surface area (Å²) < 4.78 is 23.2. The number of hydrogen-bond donors (Lipinski definition) is 0. The maximum Gasteiger partial charge on any atom is 0.410 e. The number of morpholine rings is 1. The molecule has 1 amide bonds. The predicted octanol–water partition coefficient (Wildman–Crippen LogP) is 3.27. The molecule has 3 unspecified atom stereocenters. The molecule has 1 aromatic rings. The van der Waals surface area contributed by atoms with Crippen molar-refractivity contribution in [3.05, 3.63) is 40.8 Å². The number of carbonyl (C=O) groups excluding carboxylic acids is 2. The first kappa shape index (κ1) is 19.3. The van der Waals surface area contributed by atoms with E-state index in [0.29, 0.717) is 51.3 Å². The van der Waals surface area contributed by atoms with E-state index in [1.807, 2.05) is 18.2 Å². The van der Waals surface area contributed by atoms with Gasteiger partial charge in [-0.05, 0) is 40.9 Å². The molecular weight excluding hydrogens is 430 g/mol. The summed E-state index contributed by atoms with van der Waals surface area (Å²) in [6.07, 6.45) is 2.26. The first-order valence-electron chi connectivity index (χ1n) is 9.47. The van der Waals surface area contributed by atoms with Gasteiger partial charge in [0.15, 0.2) is 0 Å². The zero-order chi connectivity index (χ0) is 19.5. The van der Waals surface area contributed by atoms with Crippen LogP contribution in [-0.2, 0) is 19.0 Å². The molecule has 7 nitrogen and oxygen atoms in total. The average molecular weight is 452 g/mol. The molecule has 1 aromatic carbocycles. The van der Waals surface area contributed by atoms with Gasteiger partial charge in [-0.25, -0.2) is 4.79 Å². The lowest BCUT2D eigenvalue weighted by molar-refractivity contribution is -0.132. The highest BCUT2D eigenvalue weighted by Gasteiger charge is 2.42. The maximum absolute atomic E-state index is 12.8. The second kappa shape index (κ2) is 8.53. The minimum Gasteiger partial charge on any atom is -0.493 e. The monoisotopic (exact) mass is 451 g/mol. The third kappa shape index (κ3) is 4.17. The van der Waals surface area contributed by atoms with Gasteiger partial charge >= 0.3 is 6.09 Å². The van der Waals surface area contributed by atoms with Gasteiger partial charge in [0.2, 0.25) is 11.5 Å². The van der Waals surface area contributed by atoms with E-state index in [1.165, 1.54) is 6.26 Å². The number of hydrogen-bond acceptors (Lipinski definition) is 6. The van der Waals surface area contributed by atoms with E-state index in [4.69, 9.17) is 18.9 Å². The van der Waals surface area contributed by atoms with Crippen molar-refractivity contribution in [3.8, 4) is 5.75 Å². The van der Waals surface area contributed by atoms with E-state index >= 15 is 0 Å². The van der Waals surface area contributed by atoms with Gasteiger partial charge in [-0.3, -0.25) is 4.79 Å². The molecule has 8 heteroatoms. The molecule has 2 heterocycles.